The number of amides is 1. The number of hydrogen-bond donors (Lipinski definition) is 1. The number of piperazine rings is 1. The molecule has 0 radical (unpaired) electrons. The van der Waals surface area contributed by atoms with E-state index in [9.17, 15) is 4.79 Å². The van der Waals surface area contributed by atoms with Crippen molar-refractivity contribution < 1.29 is 9.21 Å². The van der Waals surface area contributed by atoms with Crippen LogP contribution in [-0.2, 0) is 0 Å². The maximum Gasteiger partial charge on any atom is 0.270 e. The Balaban J connectivity index is 1.17. The molecule has 1 fully saturated rings. The summed E-state index contributed by atoms with van der Waals surface area (Å²) in [6, 6.07) is 5.60. The average Bonchev–Trinajstić information content (AvgIpc) is 3.41. The summed E-state index contributed by atoms with van der Waals surface area (Å²) in [4.78, 5) is 29.9. The highest BCUT2D eigenvalue weighted by Crippen LogP contribution is 2.25. The van der Waals surface area contributed by atoms with Gasteiger partial charge in [0.05, 0.1) is 0 Å². The third-order valence-electron chi connectivity index (χ3n) is 4.83. The lowest BCUT2D eigenvalue weighted by atomic mass is 10.3. The van der Waals surface area contributed by atoms with Gasteiger partial charge in [-0.15, -0.1) is 11.3 Å². The molecule has 3 aromatic heterocycles. The van der Waals surface area contributed by atoms with E-state index in [-0.39, 0.29) is 5.91 Å². The number of aryl methyl sites for hydroxylation is 1. The minimum absolute atomic E-state index is 0.137. The molecule has 0 aliphatic carbocycles. The third kappa shape index (κ3) is 4.99. The molecule has 4 rings (SSSR count). The number of rotatable bonds is 7. The molecule has 1 amide bonds. The van der Waals surface area contributed by atoms with Gasteiger partial charge in [-0.1, -0.05) is 0 Å². The molecule has 152 valence electrons. The molecule has 8 nitrogen and oxygen atoms in total. The Labute approximate surface area is 173 Å². The number of thiazole rings is 1. The maximum atomic E-state index is 12.3. The third-order valence-corrected chi connectivity index (χ3v) is 5.69. The lowest BCUT2D eigenvalue weighted by Gasteiger charge is -2.34. The number of furan rings is 1. The van der Waals surface area contributed by atoms with Gasteiger partial charge in [-0.25, -0.2) is 15.0 Å². The predicted octanol–water partition coefficient (Wildman–Crippen LogP) is 2.44. The SMILES string of the molecule is Cc1ccc(-c2nc(C(=O)NCCCN3CCN(c4ncccn4)CC3)cs2)o1. The van der Waals surface area contributed by atoms with Crippen LogP contribution in [0.5, 0.6) is 0 Å². The van der Waals surface area contributed by atoms with Crippen LogP contribution in [0.15, 0.2) is 40.4 Å². The number of nitrogens with zero attached hydrogens (tertiary/aromatic N) is 5. The van der Waals surface area contributed by atoms with Gasteiger partial charge in [0.25, 0.3) is 5.91 Å². The van der Waals surface area contributed by atoms with Gasteiger partial charge in [-0.3, -0.25) is 9.69 Å². The van der Waals surface area contributed by atoms with Crippen LogP contribution in [0, 0.1) is 6.92 Å². The molecule has 0 atom stereocenters. The first-order chi connectivity index (χ1) is 14.2. The van der Waals surface area contributed by atoms with Gasteiger partial charge in [0.1, 0.15) is 11.5 Å². The zero-order valence-corrected chi connectivity index (χ0v) is 17.2. The van der Waals surface area contributed by atoms with E-state index in [2.05, 4.69) is 30.1 Å². The Hall–Kier alpha value is -2.78. The van der Waals surface area contributed by atoms with Crippen molar-refractivity contribution in [1.82, 2.24) is 25.2 Å². The minimum atomic E-state index is -0.137. The van der Waals surface area contributed by atoms with Crippen molar-refractivity contribution in [1.29, 1.82) is 0 Å². The topological polar surface area (TPSA) is 87.4 Å². The molecule has 1 aliphatic rings. The van der Waals surface area contributed by atoms with Gasteiger partial charge < -0.3 is 14.6 Å². The molecule has 1 N–H and O–H groups in total. The van der Waals surface area contributed by atoms with E-state index in [1.807, 2.05) is 25.1 Å². The van der Waals surface area contributed by atoms with Gasteiger partial charge in [0.2, 0.25) is 5.95 Å². The highest BCUT2D eigenvalue weighted by molar-refractivity contribution is 7.13. The molecule has 1 aliphatic heterocycles. The molecule has 29 heavy (non-hydrogen) atoms. The lowest BCUT2D eigenvalue weighted by Crippen LogP contribution is -2.47. The Morgan fingerprint density at radius 1 is 1.21 bits per heavy atom. The molecule has 4 heterocycles. The summed E-state index contributed by atoms with van der Waals surface area (Å²) < 4.78 is 5.56. The number of carbonyl (C=O) groups is 1. The molecule has 0 saturated carbocycles. The monoisotopic (exact) mass is 412 g/mol. The molecule has 0 unspecified atom stereocenters. The summed E-state index contributed by atoms with van der Waals surface area (Å²) in [5.74, 6) is 2.19. The fraction of sp³-hybridized carbons (Fsp3) is 0.400. The summed E-state index contributed by atoms with van der Waals surface area (Å²) in [5, 5.41) is 5.46. The fourth-order valence-electron chi connectivity index (χ4n) is 3.26. The predicted molar refractivity (Wildman–Crippen MR) is 112 cm³/mol. The Bertz CT molecular complexity index is 933. The van der Waals surface area contributed by atoms with Crippen LogP contribution in [0.3, 0.4) is 0 Å². The van der Waals surface area contributed by atoms with Crippen molar-refractivity contribution in [3.05, 3.63) is 47.4 Å². The summed E-state index contributed by atoms with van der Waals surface area (Å²) in [5.41, 5.74) is 0.440. The Kier molecular flexibility index (Phi) is 6.16. The molecule has 1 saturated heterocycles. The largest absolute Gasteiger partial charge is 0.459 e. The highest BCUT2D eigenvalue weighted by atomic mass is 32.1. The molecule has 9 heteroatoms. The highest BCUT2D eigenvalue weighted by Gasteiger charge is 2.18. The molecular formula is C20H24N6O2S. The van der Waals surface area contributed by atoms with Crippen molar-refractivity contribution in [3.8, 4) is 10.8 Å². The van der Waals surface area contributed by atoms with E-state index in [0.717, 1.165) is 55.9 Å². The second-order valence-corrected chi connectivity index (χ2v) is 7.79. The normalized spacial score (nSPS) is 14.9. The van der Waals surface area contributed by atoms with Gasteiger partial charge in [0.15, 0.2) is 10.8 Å². The van der Waals surface area contributed by atoms with E-state index in [0.29, 0.717) is 18.0 Å². The standard InChI is InChI=1S/C20H24N6O2S/c1-15-4-5-17(28-15)19-24-16(14-29-19)18(27)21-8-3-9-25-10-12-26(13-11-25)20-22-6-2-7-23-20/h2,4-7,14H,3,8-13H2,1H3,(H,21,27). The van der Waals surface area contributed by atoms with Gasteiger partial charge in [0, 0.05) is 50.5 Å². The van der Waals surface area contributed by atoms with Crippen molar-refractivity contribution in [3.63, 3.8) is 0 Å². The summed E-state index contributed by atoms with van der Waals surface area (Å²) in [6.07, 6.45) is 4.46. The first kappa shape index (κ1) is 19.5. The first-order valence-corrected chi connectivity index (χ1v) is 10.6. The molecule has 0 spiro atoms. The van der Waals surface area contributed by atoms with Crippen LogP contribution in [0.1, 0.15) is 22.7 Å². The quantitative estimate of drug-likeness (QED) is 0.597. The molecule has 3 aromatic rings. The number of anilines is 1. The molecule has 0 aromatic carbocycles. The van der Waals surface area contributed by atoms with Crippen LogP contribution in [0.2, 0.25) is 0 Å². The summed E-state index contributed by atoms with van der Waals surface area (Å²) in [6.45, 7) is 7.27. The van der Waals surface area contributed by atoms with E-state index in [1.165, 1.54) is 11.3 Å². The second-order valence-electron chi connectivity index (χ2n) is 6.94. The van der Waals surface area contributed by atoms with Crippen LogP contribution < -0.4 is 10.2 Å². The lowest BCUT2D eigenvalue weighted by molar-refractivity contribution is 0.0947. The van der Waals surface area contributed by atoms with E-state index in [1.54, 1.807) is 17.8 Å². The Morgan fingerprint density at radius 2 is 2.00 bits per heavy atom. The van der Waals surface area contributed by atoms with E-state index < -0.39 is 0 Å². The molecular weight excluding hydrogens is 388 g/mol. The van der Waals surface area contributed by atoms with Gasteiger partial charge >= 0.3 is 0 Å². The number of hydrogen-bond acceptors (Lipinski definition) is 8. The minimum Gasteiger partial charge on any atom is -0.459 e. The van der Waals surface area contributed by atoms with E-state index >= 15 is 0 Å². The fourth-order valence-corrected chi connectivity index (χ4v) is 4.02. The second kappa shape index (κ2) is 9.15. The van der Waals surface area contributed by atoms with Gasteiger partial charge in [-0.2, -0.15) is 0 Å². The average molecular weight is 413 g/mol. The van der Waals surface area contributed by atoms with Crippen molar-refractivity contribution in [2.45, 2.75) is 13.3 Å². The van der Waals surface area contributed by atoms with Crippen molar-refractivity contribution in [2.24, 2.45) is 0 Å². The molecule has 0 bridgehead atoms. The van der Waals surface area contributed by atoms with Crippen molar-refractivity contribution in [2.75, 3.05) is 44.2 Å². The zero-order valence-electron chi connectivity index (χ0n) is 16.4. The maximum absolute atomic E-state index is 12.3. The smallest absolute Gasteiger partial charge is 0.270 e. The van der Waals surface area contributed by atoms with Crippen LogP contribution in [0.25, 0.3) is 10.8 Å². The summed E-state index contributed by atoms with van der Waals surface area (Å²) >= 11 is 1.42. The summed E-state index contributed by atoms with van der Waals surface area (Å²) in [7, 11) is 0. The number of aromatic nitrogens is 3. The van der Waals surface area contributed by atoms with Crippen molar-refractivity contribution >= 4 is 23.2 Å². The van der Waals surface area contributed by atoms with E-state index in [4.69, 9.17) is 4.42 Å². The number of nitrogens with one attached hydrogen (secondary N) is 1. The van der Waals surface area contributed by atoms with Crippen LogP contribution in [0.4, 0.5) is 5.95 Å². The van der Waals surface area contributed by atoms with Crippen LogP contribution >= 0.6 is 11.3 Å². The van der Waals surface area contributed by atoms with Crippen LogP contribution in [-0.4, -0.2) is 65.0 Å². The first-order valence-electron chi connectivity index (χ1n) is 9.74. The Morgan fingerprint density at radius 3 is 2.72 bits per heavy atom. The van der Waals surface area contributed by atoms with Gasteiger partial charge in [-0.05, 0) is 38.1 Å². The number of carbonyl (C=O) groups excluding carboxylic acids is 1. The zero-order chi connectivity index (χ0) is 20.1.